The zero-order chi connectivity index (χ0) is 12.3. The number of nitrogens with zero attached hydrogens (tertiary/aromatic N) is 2. The Kier molecular flexibility index (Phi) is 3.52. The van der Waals surface area contributed by atoms with Gasteiger partial charge in [0.15, 0.2) is 0 Å². The maximum atomic E-state index is 11.1. The number of nitrogens with two attached hydrogens (primary N) is 1. The molecule has 1 aromatic rings. The van der Waals surface area contributed by atoms with Crippen molar-refractivity contribution in [2.75, 3.05) is 31.1 Å². The normalized spacial score (nSPS) is 16.1. The van der Waals surface area contributed by atoms with Crippen LogP contribution in [0.4, 0.5) is 10.5 Å². The zero-order valence-corrected chi connectivity index (χ0v) is 10.2. The van der Waals surface area contributed by atoms with E-state index in [1.165, 1.54) is 11.3 Å². The lowest BCUT2D eigenvalue weighted by Crippen LogP contribution is -2.50. The van der Waals surface area contributed by atoms with Crippen molar-refractivity contribution in [3.05, 3.63) is 29.8 Å². The molecule has 2 amide bonds. The van der Waals surface area contributed by atoms with E-state index in [0.29, 0.717) is 13.1 Å². The van der Waals surface area contributed by atoms with Gasteiger partial charge in [-0.05, 0) is 18.1 Å². The third-order valence-corrected chi connectivity index (χ3v) is 3.30. The number of piperazine rings is 1. The van der Waals surface area contributed by atoms with Gasteiger partial charge < -0.3 is 15.5 Å². The van der Waals surface area contributed by atoms with Gasteiger partial charge in [-0.3, -0.25) is 0 Å². The number of amides is 2. The minimum atomic E-state index is -0.312. The third-order valence-electron chi connectivity index (χ3n) is 3.30. The summed E-state index contributed by atoms with van der Waals surface area (Å²) in [5.74, 6) is 0. The first kappa shape index (κ1) is 11.8. The Morgan fingerprint density at radius 3 is 2.47 bits per heavy atom. The Labute approximate surface area is 102 Å². The van der Waals surface area contributed by atoms with E-state index in [2.05, 4.69) is 36.1 Å². The van der Waals surface area contributed by atoms with E-state index in [9.17, 15) is 4.79 Å². The molecule has 1 heterocycles. The van der Waals surface area contributed by atoms with Gasteiger partial charge in [-0.1, -0.05) is 25.1 Å². The second-order valence-corrected chi connectivity index (χ2v) is 4.29. The number of carbonyl (C=O) groups is 1. The molecule has 2 N–H and O–H groups in total. The van der Waals surface area contributed by atoms with E-state index in [1.54, 1.807) is 4.90 Å². The molecule has 1 aromatic carbocycles. The fourth-order valence-electron chi connectivity index (χ4n) is 2.29. The van der Waals surface area contributed by atoms with E-state index < -0.39 is 0 Å². The lowest BCUT2D eigenvalue weighted by Gasteiger charge is -2.36. The van der Waals surface area contributed by atoms with Crippen molar-refractivity contribution in [1.82, 2.24) is 4.90 Å². The first-order valence-corrected chi connectivity index (χ1v) is 6.09. The van der Waals surface area contributed by atoms with Crippen molar-refractivity contribution in [2.24, 2.45) is 5.73 Å². The fourth-order valence-corrected chi connectivity index (χ4v) is 2.29. The molecule has 0 saturated carbocycles. The van der Waals surface area contributed by atoms with Crippen LogP contribution < -0.4 is 10.6 Å². The molecule has 1 saturated heterocycles. The number of carbonyl (C=O) groups excluding carboxylic acids is 1. The number of hydrogen-bond acceptors (Lipinski definition) is 2. The zero-order valence-electron chi connectivity index (χ0n) is 10.2. The average molecular weight is 233 g/mol. The van der Waals surface area contributed by atoms with Gasteiger partial charge >= 0.3 is 6.03 Å². The molecular weight excluding hydrogens is 214 g/mol. The van der Waals surface area contributed by atoms with E-state index in [4.69, 9.17) is 5.73 Å². The SMILES string of the molecule is CCc1ccccc1N1CCN(C(N)=O)CC1. The summed E-state index contributed by atoms with van der Waals surface area (Å²) in [5.41, 5.74) is 7.93. The first-order chi connectivity index (χ1) is 8.22. The molecule has 1 aliphatic heterocycles. The Morgan fingerprint density at radius 2 is 1.88 bits per heavy atom. The number of benzene rings is 1. The molecule has 1 fully saturated rings. The summed E-state index contributed by atoms with van der Waals surface area (Å²) in [7, 11) is 0. The maximum absolute atomic E-state index is 11.1. The van der Waals surface area contributed by atoms with Crippen LogP contribution in [0.2, 0.25) is 0 Å². The lowest BCUT2D eigenvalue weighted by atomic mass is 10.1. The number of hydrogen-bond donors (Lipinski definition) is 1. The van der Waals surface area contributed by atoms with E-state index in [0.717, 1.165) is 19.5 Å². The summed E-state index contributed by atoms with van der Waals surface area (Å²) < 4.78 is 0. The Bertz CT molecular complexity index is 397. The maximum Gasteiger partial charge on any atom is 0.314 e. The molecule has 17 heavy (non-hydrogen) atoms. The molecule has 0 bridgehead atoms. The molecular formula is C13H19N3O. The van der Waals surface area contributed by atoms with Crippen molar-refractivity contribution in [2.45, 2.75) is 13.3 Å². The Balaban J connectivity index is 2.07. The van der Waals surface area contributed by atoms with Crippen LogP contribution in [0, 0.1) is 0 Å². The standard InChI is InChI=1S/C13H19N3O/c1-2-11-5-3-4-6-12(11)15-7-9-16(10-8-15)13(14)17/h3-6H,2,7-10H2,1H3,(H2,14,17). The van der Waals surface area contributed by atoms with E-state index in [-0.39, 0.29) is 6.03 Å². The summed E-state index contributed by atoms with van der Waals surface area (Å²) in [6, 6.07) is 8.14. The molecule has 0 unspecified atom stereocenters. The van der Waals surface area contributed by atoms with Gasteiger partial charge in [-0.25, -0.2) is 4.79 Å². The monoisotopic (exact) mass is 233 g/mol. The van der Waals surface area contributed by atoms with E-state index >= 15 is 0 Å². The van der Waals surface area contributed by atoms with Gasteiger partial charge in [-0.2, -0.15) is 0 Å². The minimum absolute atomic E-state index is 0.312. The van der Waals surface area contributed by atoms with Gasteiger partial charge in [0.2, 0.25) is 0 Å². The molecule has 0 aliphatic carbocycles. The molecule has 4 nitrogen and oxygen atoms in total. The van der Waals surface area contributed by atoms with Crippen LogP contribution in [0.3, 0.4) is 0 Å². The van der Waals surface area contributed by atoms with Crippen LogP contribution in [0.5, 0.6) is 0 Å². The number of rotatable bonds is 2. The highest BCUT2D eigenvalue weighted by atomic mass is 16.2. The van der Waals surface area contributed by atoms with Gasteiger partial charge in [0.05, 0.1) is 0 Å². The Hall–Kier alpha value is -1.71. The third kappa shape index (κ3) is 2.52. The van der Waals surface area contributed by atoms with Crippen molar-refractivity contribution >= 4 is 11.7 Å². The summed E-state index contributed by atoms with van der Waals surface area (Å²) in [4.78, 5) is 15.1. The molecule has 0 aromatic heterocycles. The largest absolute Gasteiger partial charge is 0.368 e. The van der Waals surface area contributed by atoms with Gasteiger partial charge in [0.1, 0.15) is 0 Å². The molecule has 0 radical (unpaired) electrons. The highest BCUT2D eigenvalue weighted by Gasteiger charge is 2.20. The van der Waals surface area contributed by atoms with E-state index in [1.807, 2.05) is 0 Å². The second kappa shape index (κ2) is 5.08. The van der Waals surface area contributed by atoms with Crippen LogP contribution >= 0.6 is 0 Å². The van der Waals surface area contributed by atoms with Crippen molar-refractivity contribution in [3.8, 4) is 0 Å². The van der Waals surface area contributed by atoms with Gasteiger partial charge in [-0.15, -0.1) is 0 Å². The highest BCUT2D eigenvalue weighted by molar-refractivity contribution is 5.72. The summed E-state index contributed by atoms with van der Waals surface area (Å²) in [5, 5.41) is 0. The number of para-hydroxylation sites is 1. The Morgan fingerprint density at radius 1 is 1.24 bits per heavy atom. The molecule has 0 atom stereocenters. The highest BCUT2D eigenvalue weighted by Crippen LogP contribution is 2.22. The summed E-state index contributed by atoms with van der Waals surface area (Å²) in [6.45, 7) is 5.32. The van der Waals surface area contributed by atoms with Crippen LogP contribution in [0.1, 0.15) is 12.5 Å². The number of urea groups is 1. The predicted octanol–water partition coefficient (Wildman–Crippen LogP) is 1.45. The smallest absolute Gasteiger partial charge is 0.314 e. The number of primary amides is 1. The van der Waals surface area contributed by atoms with Crippen molar-refractivity contribution in [3.63, 3.8) is 0 Å². The number of anilines is 1. The van der Waals surface area contributed by atoms with Crippen LogP contribution in [0.25, 0.3) is 0 Å². The topological polar surface area (TPSA) is 49.6 Å². The van der Waals surface area contributed by atoms with Crippen LogP contribution in [0.15, 0.2) is 24.3 Å². The molecule has 0 spiro atoms. The molecule has 4 heteroatoms. The van der Waals surface area contributed by atoms with Crippen LogP contribution in [-0.2, 0) is 6.42 Å². The first-order valence-electron chi connectivity index (χ1n) is 6.09. The van der Waals surface area contributed by atoms with Crippen molar-refractivity contribution in [1.29, 1.82) is 0 Å². The molecule has 92 valence electrons. The number of aryl methyl sites for hydroxylation is 1. The molecule has 2 rings (SSSR count). The van der Waals surface area contributed by atoms with Gasteiger partial charge in [0, 0.05) is 31.9 Å². The fraction of sp³-hybridized carbons (Fsp3) is 0.462. The summed E-state index contributed by atoms with van der Waals surface area (Å²) >= 11 is 0. The van der Waals surface area contributed by atoms with Gasteiger partial charge in [0.25, 0.3) is 0 Å². The minimum Gasteiger partial charge on any atom is -0.368 e. The van der Waals surface area contributed by atoms with Crippen molar-refractivity contribution < 1.29 is 4.79 Å². The molecule has 1 aliphatic rings. The van der Waals surface area contributed by atoms with Crippen LogP contribution in [-0.4, -0.2) is 37.1 Å². The second-order valence-electron chi connectivity index (χ2n) is 4.29. The lowest BCUT2D eigenvalue weighted by molar-refractivity contribution is 0.204. The average Bonchev–Trinajstić information content (AvgIpc) is 2.39. The predicted molar refractivity (Wildman–Crippen MR) is 69.2 cm³/mol. The quantitative estimate of drug-likeness (QED) is 0.840. The summed E-state index contributed by atoms with van der Waals surface area (Å²) in [6.07, 6.45) is 1.03.